The molecule has 0 fully saturated rings. The van der Waals surface area contributed by atoms with Gasteiger partial charge in [0.15, 0.2) is 5.89 Å². The first kappa shape index (κ1) is 13.3. The minimum atomic E-state index is -1.12. The Hall–Kier alpha value is -2.17. The second-order valence-electron chi connectivity index (χ2n) is 4.85. The van der Waals surface area contributed by atoms with E-state index in [1.807, 2.05) is 0 Å². The fourth-order valence-electron chi connectivity index (χ4n) is 1.56. The van der Waals surface area contributed by atoms with Gasteiger partial charge < -0.3 is 9.52 Å². The average molecular weight is 263 g/mol. The van der Waals surface area contributed by atoms with Crippen LogP contribution in [0.2, 0.25) is 0 Å². The van der Waals surface area contributed by atoms with Gasteiger partial charge in [-0.3, -0.25) is 4.79 Å². The van der Waals surface area contributed by atoms with Gasteiger partial charge in [0.1, 0.15) is 17.0 Å². The van der Waals surface area contributed by atoms with Gasteiger partial charge in [0, 0.05) is 6.42 Å². The van der Waals surface area contributed by atoms with Crippen LogP contribution >= 0.6 is 0 Å². The zero-order valence-corrected chi connectivity index (χ0v) is 10.7. The van der Waals surface area contributed by atoms with Crippen LogP contribution in [0.25, 0.3) is 0 Å². The summed E-state index contributed by atoms with van der Waals surface area (Å²) in [5, 5.41) is 9.09. The van der Waals surface area contributed by atoms with E-state index < -0.39 is 11.4 Å². The molecule has 100 valence electrons. The van der Waals surface area contributed by atoms with Crippen molar-refractivity contribution in [3.63, 3.8) is 0 Å². The molecule has 4 nitrogen and oxygen atoms in total. The molecule has 0 unspecified atom stereocenters. The lowest BCUT2D eigenvalue weighted by molar-refractivity contribution is -0.143. The second kappa shape index (κ2) is 4.84. The van der Waals surface area contributed by atoms with Crippen LogP contribution in [0.15, 0.2) is 34.9 Å². The summed E-state index contributed by atoms with van der Waals surface area (Å²) in [6, 6.07) is 6.00. The van der Waals surface area contributed by atoms with Crippen LogP contribution in [0, 0.1) is 5.82 Å². The Labute approximate surface area is 109 Å². The highest BCUT2D eigenvalue weighted by atomic mass is 19.1. The quantitative estimate of drug-likeness (QED) is 0.921. The molecule has 1 N–H and O–H groups in total. The molecule has 1 heterocycles. The SMILES string of the molecule is CC(C)(C(=O)O)c1cnc(Cc2ccc(F)cc2)o1. The maximum Gasteiger partial charge on any atom is 0.316 e. The van der Waals surface area contributed by atoms with Gasteiger partial charge in [-0.2, -0.15) is 0 Å². The predicted molar refractivity (Wildman–Crippen MR) is 66.4 cm³/mol. The van der Waals surface area contributed by atoms with Crippen molar-refractivity contribution in [2.24, 2.45) is 0 Å². The zero-order chi connectivity index (χ0) is 14.0. The summed E-state index contributed by atoms with van der Waals surface area (Å²) in [7, 11) is 0. The number of carbonyl (C=O) groups is 1. The van der Waals surface area contributed by atoms with E-state index in [0.717, 1.165) is 5.56 Å². The number of benzene rings is 1. The molecule has 0 radical (unpaired) electrons. The molecule has 0 saturated heterocycles. The summed E-state index contributed by atoms with van der Waals surface area (Å²) in [4.78, 5) is 15.2. The number of aliphatic carboxylic acids is 1. The van der Waals surface area contributed by atoms with Gasteiger partial charge in [0.25, 0.3) is 0 Å². The summed E-state index contributed by atoms with van der Waals surface area (Å²) < 4.78 is 18.2. The summed E-state index contributed by atoms with van der Waals surface area (Å²) in [6.45, 7) is 3.11. The number of hydrogen-bond donors (Lipinski definition) is 1. The number of oxazole rings is 1. The molecule has 0 spiro atoms. The van der Waals surface area contributed by atoms with Crippen molar-refractivity contribution in [1.82, 2.24) is 4.98 Å². The average Bonchev–Trinajstić information content (AvgIpc) is 2.81. The molecule has 1 aromatic carbocycles. The van der Waals surface area contributed by atoms with E-state index in [-0.39, 0.29) is 5.82 Å². The van der Waals surface area contributed by atoms with E-state index in [1.165, 1.54) is 18.3 Å². The molecular formula is C14H14FNO3. The number of hydrogen-bond acceptors (Lipinski definition) is 3. The first-order valence-corrected chi connectivity index (χ1v) is 5.82. The van der Waals surface area contributed by atoms with E-state index in [1.54, 1.807) is 26.0 Å². The molecule has 5 heteroatoms. The minimum absolute atomic E-state index is 0.302. The Morgan fingerprint density at radius 2 is 2.00 bits per heavy atom. The third-order valence-corrected chi connectivity index (χ3v) is 2.97. The molecule has 0 saturated carbocycles. The second-order valence-corrected chi connectivity index (χ2v) is 4.85. The van der Waals surface area contributed by atoms with Crippen LogP contribution in [-0.4, -0.2) is 16.1 Å². The highest BCUT2D eigenvalue weighted by molar-refractivity contribution is 5.79. The first-order valence-electron chi connectivity index (χ1n) is 5.82. The van der Waals surface area contributed by atoms with E-state index in [0.29, 0.717) is 18.1 Å². The number of carboxylic acid groups (broad SMARTS) is 1. The highest BCUT2D eigenvalue weighted by Crippen LogP contribution is 2.24. The molecule has 2 aromatic rings. The number of rotatable bonds is 4. The van der Waals surface area contributed by atoms with E-state index in [2.05, 4.69) is 4.98 Å². The number of nitrogens with zero attached hydrogens (tertiary/aromatic N) is 1. The van der Waals surface area contributed by atoms with Crippen LogP contribution in [-0.2, 0) is 16.6 Å². The third kappa shape index (κ3) is 2.81. The predicted octanol–water partition coefficient (Wildman–Crippen LogP) is 2.77. The molecule has 0 amide bonds. The Kier molecular flexibility index (Phi) is 3.38. The maximum absolute atomic E-state index is 12.8. The van der Waals surface area contributed by atoms with E-state index in [9.17, 15) is 9.18 Å². The molecule has 0 aliphatic heterocycles. The van der Waals surface area contributed by atoms with E-state index in [4.69, 9.17) is 9.52 Å². The molecule has 0 bridgehead atoms. The lowest BCUT2D eigenvalue weighted by Gasteiger charge is -2.14. The van der Waals surface area contributed by atoms with Gasteiger partial charge in [-0.1, -0.05) is 12.1 Å². The molecule has 19 heavy (non-hydrogen) atoms. The molecule has 0 atom stereocenters. The van der Waals surface area contributed by atoms with E-state index >= 15 is 0 Å². The smallest absolute Gasteiger partial charge is 0.316 e. The van der Waals surface area contributed by atoms with Crippen molar-refractivity contribution in [1.29, 1.82) is 0 Å². The molecule has 0 aliphatic rings. The topological polar surface area (TPSA) is 63.3 Å². The first-order chi connectivity index (χ1) is 8.89. The van der Waals surface area contributed by atoms with Crippen molar-refractivity contribution < 1.29 is 18.7 Å². The summed E-state index contributed by atoms with van der Waals surface area (Å²) in [5.74, 6) is -0.561. The fourth-order valence-corrected chi connectivity index (χ4v) is 1.56. The van der Waals surface area contributed by atoms with Crippen molar-refractivity contribution in [3.05, 3.63) is 53.5 Å². The van der Waals surface area contributed by atoms with Gasteiger partial charge in [-0.05, 0) is 31.5 Å². The number of aromatic nitrogens is 1. The summed E-state index contributed by atoms with van der Waals surface area (Å²) in [6.07, 6.45) is 1.82. The highest BCUT2D eigenvalue weighted by Gasteiger charge is 2.33. The fraction of sp³-hybridized carbons (Fsp3) is 0.286. The molecule has 2 rings (SSSR count). The van der Waals surface area contributed by atoms with Crippen LogP contribution in [0.4, 0.5) is 4.39 Å². The van der Waals surface area contributed by atoms with Gasteiger partial charge in [-0.25, -0.2) is 9.37 Å². The van der Waals surface area contributed by atoms with Crippen LogP contribution in [0.3, 0.4) is 0 Å². The maximum atomic E-state index is 12.8. The monoisotopic (exact) mass is 263 g/mol. The van der Waals surface area contributed by atoms with Crippen molar-refractivity contribution in [2.45, 2.75) is 25.7 Å². The van der Waals surface area contributed by atoms with Gasteiger partial charge in [0.2, 0.25) is 0 Å². The Morgan fingerprint density at radius 3 is 2.58 bits per heavy atom. The van der Waals surface area contributed by atoms with Gasteiger partial charge in [-0.15, -0.1) is 0 Å². The Balaban J connectivity index is 2.18. The zero-order valence-electron chi connectivity index (χ0n) is 10.7. The lowest BCUT2D eigenvalue weighted by atomic mass is 9.91. The van der Waals surface area contributed by atoms with Crippen molar-refractivity contribution in [3.8, 4) is 0 Å². The van der Waals surface area contributed by atoms with Crippen molar-refractivity contribution >= 4 is 5.97 Å². The number of carboxylic acids is 1. The van der Waals surface area contributed by atoms with Crippen LogP contribution < -0.4 is 0 Å². The molecule has 1 aromatic heterocycles. The Morgan fingerprint density at radius 1 is 1.37 bits per heavy atom. The standard InChI is InChI=1S/C14H14FNO3/c1-14(2,13(17)18)11-8-16-12(19-11)7-9-3-5-10(15)6-4-9/h3-6,8H,7H2,1-2H3,(H,17,18). The normalized spacial score (nSPS) is 11.5. The molecule has 0 aliphatic carbocycles. The largest absolute Gasteiger partial charge is 0.481 e. The summed E-state index contributed by atoms with van der Waals surface area (Å²) >= 11 is 0. The minimum Gasteiger partial charge on any atom is -0.481 e. The summed E-state index contributed by atoms with van der Waals surface area (Å²) in [5.41, 5.74) is -0.267. The molecular weight excluding hydrogens is 249 g/mol. The Bertz CT molecular complexity index is 587. The third-order valence-electron chi connectivity index (χ3n) is 2.97. The van der Waals surface area contributed by atoms with Crippen LogP contribution in [0.5, 0.6) is 0 Å². The van der Waals surface area contributed by atoms with Gasteiger partial charge >= 0.3 is 5.97 Å². The van der Waals surface area contributed by atoms with Crippen molar-refractivity contribution in [2.75, 3.05) is 0 Å². The van der Waals surface area contributed by atoms with Gasteiger partial charge in [0.05, 0.1) is 6.20 Å². The lowest BCUT2D eigenvalue weighted by Crippen LogP contribution is -2.27. The number of halogens is 1. The van der Waals surface area contributed by atoms with Crippen LogP contribution in [0.1, 0.15) is 31.1 Å².